The smallest absolute Gasteiger partial charge is 0.121 e. The van der Waals surface area contributed by atoms with E-state index in [4.69, 9.17) is 15.2 Å². The standard InChI is InChI=1S/C11H15NO2/c1-13-11-5-9(4-10(12)6-11)8-2-3-14-7-8/h4-6,8H,2-3,7,12H2,1H3. The summed E-state index contributed by atoms with van der Waals surface area (Å²) in [6, 6.07) is 5.87. The molecule has 14 heavy (non-hydrogen) atoms. The molecular weight excluding hydrogens is 178 g/mol. The van der Waals surface area contributed by atoms with Gasteiger partial charge in [0.05, 0.1) is 13.7 Å². The van der Waals surface area contributed by atoms with E-state index in [1.165, 1.54) is 5.56 Å². The largest absolute Gasteiger partial charge is 0.497 e. The van der Waals surface area contributed by atoms with Gasteiger partial charge in [-0.1, -0.05) is 0 Å². The molecule has 0 aromatic heterocycles. The Labute approximate surface area is 83.8 Å². The van der Waals surface area contributed by atoms with Gasteiger partial charge in [-0.2, -0.15) is 0 Å². The SMILES string of the molecule is COc1cc(N)cc(C2CCOC2)c1. The zero-order chi connectivity index (χ0) is 9.97. The van der Waals surface area contributed by atoms with Crippen molar-refractivity contribution in [3.8, 4) is 5.75 Å². The van der Waals surface area contributed by atoms with Crippen LogP contribution in [0.5, 0.6) is 5.75 Å². The molecule has 1 fully saturated rings. The highest BCUT2D eigenvalue weighted by atomic mass is 16.5. The third-order valence-electron chi connectivity index (χ3n) is 2.59. The minimum absolute atomic E-state index is 0.479. The summed E-state index contributed by atoms with van der Waals surface area (Å²) in [5.41, 5.74) is 7.76. The van der Waals surface area contributed by atoms with Crippen molar-refractivity contribution in [1.29, 1.82) is 0 Å². The molecule has 2 rings (SSSR count). The van der Waals surface area contributed by atoms with Crippen LogP contribution in [-0.2, 0) is 4.74 Å². The Morgan fingerprint density at radius 3 is 2.93 bits per heavy atom. The van der Waals surface area contributed by atoms with Gasteiger partial charge in [-0.15, -0.1) is 0 Å². The zero-order valence-corrected chi connectivity index (χ0v) is 8.32. The highest BCUT2D eigenvalue weighted by Crippen LogP contribution is 2.29. The van der Waals surface area contributed by atoms with E-state index in [0.717, 1.165) is 31.1 Å². The number of ether oxygens (including phenoxy) is 2. The van der Waals surface area contributed by atoms with E-state index in [1.807, 2.05) is 18.2 Å². The maximum Gasteiger partial charge on any atom is 0.121 e. The van der Waals surface area contributed by atoms with Crippen LogP contribution in [-0.4, -0.2) is 20.3 Å². The summed E-state index contributed by atoms with van der Waals surface area (Å²) >= 11 is 0. The molecule has 1 aromatic rings. The van der Waals surface area contributed by atoms with E-state index in [2.05, 4.69) is 0 Å². The number of hydrogen-bond acceptors (Lipinski definition) is 3. The van der Waals surface area contributed by atoms with E-state index >= 15 is 0 Å². The Hall–Kier alpha value is -1.22. The highest BCUT2D eigenvalue weighted by molar-refractivity contribution is 5.48. The fourth-order valence-electron chi connectivity index (χ4n) is 1.80. The van der Waals surface area contributed by atoms with Gasteiger partial charge in [0.1, 0.15) is 5.75 Å². The van der Waals surface area contributed by atoms with Crippen LogP contribution in [0.25, 0.3) is 0 Å². The van der Waals surface area contributed by atoms with Gasteiger partial charge in [0.25, 0.3) is 0 Å². The predicted molar refractivity (Wildman–Crippen MR) is 55.6 cm³/mol. The Bertz CT molecular complexity index is 319. The maximum absolute atomic E-state index is 5.78. The van der Waals surface area contributed by atoms with Gasteiger partial charge in [-0.3, -0.25) is 0 Å². The molecule has 1 heterocycles. The molecule has 1 aliphatic rings. The van der Waals surface area contributed by atoms with Gasteiger partial charge in [0.15, 0.2) is 0 Å². The van der Waals surface area contributed by atoms with Crippen molar-refractivity contribution in [2.24, 2.45) is 0 Å². The van der Waals surface area contributed by atoms with Crippen molar-refractivity contribution in [2.45, 2.75) is 12.3 Å². The minimum Gasteiger partial charge on any atom is -0.497 e. The number of methoxy groups -OCH3 is 1. The number of rotatable bonds is 2. The van der Waals surface area contributed by atoms with E-state index in [0.29, 0.717) is 5.92 Å². The molecule has 1 saturated heterocycles. The molecule has 3 nitrogen and oxygen atoms in total. The summed E-state index contributed by atoms with van der Waals surface area (Å²) in [7, 11) is 1.66. The second-order valence-electron chi connectivity index (χ2n) is 3.60. The molecular formula is C11H15NO2. The third-order valence-corrected chi connectivity index (χ3v) is 2.59. The molecule has 0 spiro atoms. The van der Waals surface area contributed by atoms with Crippen LogP contribution < -0.4 is 10.5 Å². The van der Waals surface area contributed by atoms with Crippen molar-refractivity contribution in [1.82, 2.24) is 0 Å². The molecule has 76 valence electrons. The quantitative estimate of drug-likeness (QED) is 0.728. The monoisotopic (exact) mass is 193 g/mol. The molecule has 2 N–H and O–H groups in total. The number of anilines is 1. The first-order chi connectivity index (χ1) is 6.79. The summed E-state index contributed by atoms with van der Waals surface area (Å²) < 4.78 is 10.5. The Morgan fingerprint density at radius 1 is 1.43 bits per heavy atom. The van der Waals surface area contributed by atoms with Gasteiger partial charge < -0.3 is 15.2 Å². The minimum atomic E-state index is 0.479. The molecule has 3 heteroatoms. The van der Waals surface area contributed by atoms with E-state index in [1.54, 1.807) is 7.11 Å². The lowest BCUT2D eigenvalue weighted by molar-refractivity contribution is 0.194. The van der Waals surface area contributed by atoms with Crippen LogP contribution in [0.4, 0.5) is 5.69 Å². The topological polar surface area (TPSA) is 44.5 Å². The lowest BCUT2D eigenvalue weighted by Gasteiger charge is -2.10. The van der Waals surface area contributed by atoms with Crippen molar-refractivity contribution in [3.63, 3.8) is 0 Å². The second kappa shape index (κ2) is 3.88. The average Bonchev–Trinajstić information content (AvgIpc) is 2.69. The van der Waals surface area contributed by atoms with Crippen molar-refractivity contribution >= 4 is 5.69 Å². The summed E-state index contributed by atoms with van der Waals surface area (Å²) in [5.74, 6) is 1.30. The lowest BCUT2D eigenvalue weighted by Crippen LogP contribution is -1.99. The summed E-state index contributed by atoms with van der Waals surface area (Å²) in [6.07, 6.45) is 1.08. The molecule has 0 radical (unpaired) electrons. The predicted octanol–water partition coefficient (Wildman–Crippen LogP) is 1.78. The van der Waals surface area contributed by atoms with Crippen LogP contribution in [0.2, 0.25) is 0 Å². The third kappa shape index (κ3) is 1.82. The molecule has 0 aliphatic carbocycles. The summed E-state index contributed by atoms with van der Waals surface area (Å²) in [6.45, 7) is 1.65. The first-order valence-electron chi connectivity index (χ1n) is 4.82. The molecule has 1 unspecified atom stereocenters. The number of benzene rings is 1. The van der Waals surface area contributed by atoms with Gasteiger partial charge in [0, 0.05) is 24.3 Å². The molecule has 0 saturated carbocycles. The Morgan fingerprint density at radius 2 is 2.29 bits per heavy atom. The van der Waals surface area contributed by atoms with Gasteiger partial charge in [-0.05, 0) is 24.1 Å². The van der Waals surface area contributed by atoms with Crippen LogP contribution in [0, 0.1) is 0 Å². The molecule has 1 atom stereocenters. The fourth-order valence-corrected chi connectivity index (χ4v) is 1.80. The Balaban J connectivity index is 2.27. The average molecular weight is 193 g/mol. The first kappa shape index (κ1) is 9.34. The fraction of sp³-hybridized carbons (Fsp3) is 0.455. The first-order valence-corrected chi connectivity index (χ1v) is 4.82. The van der Waals surface area contributed by atoms with E-state index < -0.39 is 0 Å². The van der Waals surface area contributed by atoms with Crippen molar-refractivity contribution in [3.05, 3.63) is 23.8 Å². The van der Waals surface area contributed by atoms with Gasteiger partial charge in [-0.25, -0.2) is 0 Å². The number of nitrogens with two attached hydrogens (primary N) is 1. The number of nitrogen functional groups attached to an aromatic ring is 1. The van der Waals surface area contributed by atoms with E-state index in [9.17, 15) is 0 Å². The summed E-state index contributed by atoms with van der Waals surface area (Å²) in [5, 5.41) is 0. The number of hydrogen-bond donors (Lipinski definition) is 1. The van der Waals surface area contributed by atoms with Crippen LogP contribution in [0.3, 0.4) is 0 Å². The van der Waals surface area contributed by atoms with Gasteiger partial charge >= 0.3 is 0 Å². The van der Waals surface area contributed by atoms with Gasteiger partial charge in [0.2, 0.25) is 0 Å². The second-order valence-corrected chi connectivity index (χ2v) is 3.60. The molecule has 1 aliphatic heterocycles. The normalized spacial score (nSPS) is 21.1. The zero-order valence-electron chi connectivity index (χ0n) is 8.32. The molecule has 0 amide bonds. The summed E-state index contributed by atoms with van der Waals surface area (Å²) in [4.78, 5) is 0. The van der Waals surface area contributed by atoms with Crippen LogP contribution >= 0.6 is 0 Å². The Kier molecular flexibility index (Phi) is 2.59. The van der Waals surface area contributed by atoms with Crippen molar-refractivity contribution < 1.29 is 9.47 Å². The van der Waals surface area contributed by atoms with E-state index in [-0.39, 0.29) is 0 Å². The molecule has 0 bridgehead atoms. The van der Waals surface area contributed by atoms with Crippen LogP contribution in [0.1, 0.15) is 17.9 Å². The van der Waals surface area contributed by atoms with Crippen LogP contribution in [0.15, 0.2) is 18.2 Å². The lowest BCUT2D eigenvalue weighted by atomic mass is 9.98. The van der Waals surface area contributed by atoms with Crippen molar-refractivity contribution in [2.75, 3.05) is 26.1 Å². The highest BCUT2D eigenvalue weighted by Gasteiger charge is 2.18. The molecule has 1 aromatic carbocycles. The maximum atomic E-state index is 5.78.